The average molecular weight is 349 g/mol. The summed E-state index contributed by atoms with van der Waals surface area (Å²) >= 11 is 0. The van der Waals surface area contributed by atoms with Crippen LogP contribution in [-0.2, 0) is 25.5 Å². The molecule has 0 bridgehead atoms. The van der Waals surface area contributed by atoms with Crippen LogP contribution in [-0.4, -0.2) is 43.0 Å². The lowest BCUT2D eigenvalue weighted by Crippen LogP contribution is -2.44. The van der Waals surface area contributed by atoms with Crippen LogP contribution in [0.15, 0.2) is 30.3 Å². The van der Waals surface area contributed by atoms with Gasteiger partial charge in [-0.3, -0.25) is 19.7 Å². The molecule has 0 atom stereocenters. The molecule has 8 nitrogen and oxygen atoms in total. The van der Waals surface area contributed by atoms with Gasteiger partial charge in [0.25, 0.3) is 5.91 Å². The highest BCUT2D eigenvalue weighted by molar-refractivity contribution is 5.95. The van der Waals surface area contributed by atoms with E-state index in [1.807, 2.05) is 35.6 Å². The Morgan fingerprint density at radius 2 is 1.72 bits per heavy atom. The zero-order valence-electron chi connectivity index (χ0n) is 14.3. The number of urea groups is 1. The number of amides is 4. The van der Waals surface area contributed by atoms with Crippen molar-refractivity contribution in [3.8, 4) is 0 Å². The van der Waals surface area contributed by atoms with Gasteiger partial charge in [-0.2, -0.15) is 0 Å². The molecule has 1 rings (SSSR count). The van der Waals surface area contributed by atoms with E-state index in [0.717, 1.165) is 5.56 Å². The second-order valence-corrected chi connectivity index (χ2v) is 5.60. The lowest BCUT2D eigenvalue weighted by atomic mass is 10.1. The van der Waals surface area contributed by atoms with E-state index in [4.69, 9.17) is 4.74 Å². The van der Waals surface area contributed by atoms with Gasteiger partial charge in [0.15, 0.2) is 6.61 Å². The molecule has 3 N–H and O–H groups in total. The van der Waals surface area contributed by atoms with Gasteiger partial charge in [-0.15, -0.1) is 0 Å². The van der Waals surface area contributed by atoms with Crippen molar-refractivity contribution in [3.63, 3.8) is 0 Å². The zero-order valence-corrected chi connectivity index (χ0v) is 14.3. The van der Waals surface area contributed by atoms with E-state index in [2.05, 4.69) is 10.6 Å². The molecule has 0 heterocycles. The molecule has 0 fully saturated rings. The quantitative estimate of drug-likeness (QED) is 0.592. The zero-order chi connectivity index (χ0) is 18.7. The second kappa shape index (κ2) is 10.8. The fourth-order valence-electron chi connectivity index (χ4n) is 1.83. The predicted molar refractivity (Wildman–Crippen MR) is 90.5 cm³/mol. The summed E-state index contributed by atoms with van der Waals surface area (Å²) in [6, 6.07) is 8.45. The SMILES string of the molecule is CC(C)NC(=O)NC(=O)COC(=O)CCNC(=O)Cc1ccccc1. The molecule has 0 saturated heterocycles. The molecule has 0 aromatic heterocycles. The molecule has 8 heteroatoms. The van der Waals surface area contributed by atoms with Gasteiger partial charge in [-0.05, 0) is 19.4 Å². The van der Waals surface area contributed by atoms with E-state index in [1.165, 1.54) is 0 Å². The molecule has 0 radical (unpaired) electrons. The minimum absolute atomic E-state index is 0.0635. The van der Waals surface area contributed by atoms with Crippen molar-refractivity contribution < 1.29 is 23.9 Å². The Morgan fingerprint density at radius 1 is 1.04 bits per heavy atom. The third-order valence-corrected chi connectivity index (χ3v) is 2.90. The van der Waals surface area contributed by atoms with Gasteiger partial charge in [0.2, 0.25) is 5.91 Å². The molecule has 0 unspecified atom stereocenters. The molecule has 0 saturated carbocycles. The van der Waals surface area contributed by atoms with Gasteiger partial charge in [0.05, 0.1) is 12.8 Å². The first-order valence-corrected chi connectivity index (χ1v) is 7.93. The van der Waals surface area contributed by atoms with Crippen LogP contribution in [0.5, 0.6) is 0 Å². The first-order valence-electron chi connectivity index (χ1n) is 7.93. The number of benzene rings is 1. The molecule has 4 amide bonds. The van der Waals surface area contributed by atoms with Crippen LogP contribution in [0.3, 0.4) is 0 Å². The lowest BCUT2D eigenvalue weighted by molar-refractivity contribution is -0.148. The van der Waals surface area contributed by atoms with E-state index >= 15 is 0 Å². The predicted octanol–water partition coefficient (Wildman–Crippen LogP) is 0.513. The van der Waals surface area contributed by atoms with Gasteiger partial charge in [-0.1, -0.05) is 30.3 Å². The number of carbonyl (C=O) groups is 4. The first kappa shape index (κ1) is 20.1. The van der Waals surface area contributed by atoms with E-state index in [1.54, 1.807) is 13.8 Å². The fraction of sp³-hybridized carbons (Fsp3) is 0.412. The third kappa shape index (κ3) is 9.75. The lowest BCUT2D eigenvalue weighted by Gasteiger charge is -2.09. The number of hydrogen-bond donors (Lipinski definition) is 3. The smallest absolute Gasteiger partial charge is 0.321 e. The van der Waals surface area contributed by atoms with E-state index in [-0.39, 0.29) is 31.3 Å². The Morgan fingerprint density at radius 3 is 2.36 bits per heavy atom. The monoisotopic (exact) mass is 349 g/mol. The topological polar surface area (TPSA) is 114 Å². The Balaban J connectivity index is 2.15. The summed E-state index contributed by atoms with van der Waals surface area (Å²) in [6.45, 7) is 3.05. The van der Waals surface area contributed by atoms with E-state index < -0.39 is 24.5 Å². The van der Waals surface area contributed by atoms with Crippen molar-refractivity contribution in [2.75, 3.05) is 13.2 Å². The Hall–Kier alpha value is -2.90. The van der Waals surface area contributed by atoms with Crippen molar-refractivity contribution in [1.29, 1.82) is 0 Å². The molecule has 0 aliphatic rings. The van der Waals surface area contributed by atoms with Crippen molar-refractivity contribution in [2.45, 2.75) is 32.7 Å². The molecular formula is C17H23N3O5. The summed E-state index contributed by atoms with van der Waals surface area (Å²) in [6.07, 6.45) is 0.162. The maximum absolute atomic E-state index is 11.7. The van der Waals surface area contributed by atoms with Crippen LogP contribution >= 0.6 is 0 Å². The van der Waals surface area contributed by atoms with Crippen LogP contribution in [0, 0.1) is 0 Å². The van der Waals surface area contributed by atoms with E-state index in [0.29, 0.717) is 0 Å². The molecule has 1 aromatic rings. The van der Waals surface area contributed by atoms with Crippen molar-refractivity contribution in [2.24, 2.45) is 0 Å². The third-order valence-electron chi connectivity index (χ3n) is 2.90. The number of rotatable bonds is 8. The maximum atomic E-state index is 11.7. The molecule has 0 aliphatic carbocycles. The summed E-state index contributed by atoms with van der Waals surface area (Å²) in [4.78, 5) is 45.9. The summed E-state index contributed by atoms with van der Waals surface area (Å²) < 4.78 is 4.73. The summed E-state index contributed by atoms with van der Waals surface area (Å²) in [5, 5.41) is 7.10. The van der Waals surface area contributed by atoms with Gasteiger partial charge in [0.1, 0.15) is 0 Å². The number of ether oxygens (including phenoxy) is 1. The highest BCUT2D eigenvalue weighted by Gasteiger charge is 2.12. The molecule has 1 aromatic carbocycles. The van der Waals surface area contributed by atoms with Crippen molar-refractivity contribution >= 4 is 23.8 Å². The summed E-state index contributed by atoms with van der Waals surface area (Å²) in [7, 11) is 0. The summed E-state index contributed by atoms with van der Waals surface area (Å²) in [5.74, 6) is -1.57. The standard InChI is InChI=1S/C17H23N3O5/c1-12(2)19-17(24)20-15(22)11-25-16(23)8-9-18-14(21)10-13-6-4-3-5-7-13/h3-7,12H,8-11H2,1-2H3,(H,18,21)(H2,19,20,22,24). The number of hydrogen-bond acceptors (Lipinski definition) is 5. The number of carbonyl (C=O) groups excluding carboxylic acids is 4. The van der Waals surface area contributed by atoms with Crippen LogP contribution < -0.4 is 16.0 Å². The molecule has 136 valence electrons. The highest BCUT2D eigenvalue weighted by Crippen LogP contribution is 1.99. The van der Waals surface area contributed by atoms with E-state index in [9.17, 15) is 19.2 Å². The first-order chi connectivity index (χ1) is 11.9. The second-order valence-electron chi connectivity index (χ2n) is 5.60. The molecule has 25 heavy (non-hydrogen) atoms. The van der Waals surface area contributed by atoms with Crippen LogP contribution in [0.4, 0.5) is 4.79 Å². The minimum Gasteiger partial charge on any atom is -0.456 e. The van der Waals surface area contributed by atoms with Crippen LogP contribution in [0.25, 0.3) is 0 Å². The molecule has 0 spiro atoms. The van der Waals surface area contributed by atoms with Crippen molar-refractivity contribution in [1.82, 2.24) is 16.0 Å². The normalized spacial score (nSPS) is 10.0. The Bertz CT molecular complexity index is 602. The molecular weight excluding hydrogens is 326 g/mol. The van der Waals surface area contributed by atoms with Gasteiger partial charge in [-0.25, -0.2) is 4.79 Å². The largest absolute Gasteiger partial charge is 0.456 e. The minimum atomic E-state index is -0.723. The summed E-state index contributed by atoms with van der Waals surface area (Å²) in [5.41, 5.74) is 0.874. The molecule has 0 aliphatic heterocycles. The Kier molecular flexibility index (Phi) is 8.70. The number of nitrogens with one attached hydrogen (secondary N) is 3. The van der Waals surface area contributed by atoms with Crippen LogP contribution in [0.1, 0.15) is 25.8 Å². The number of imide groups is 1. The van der Waals surface area contributed by atoms with Gasteiger partial charge < -0.3 is 15.4 Å². The average Bonchev–Trinajstić information content (AvgIpc) is 2.53. The Labute approximate surface area is 146 Å². The van der Waals surface area contributed by atoms with Gasteiger partial charge >= 0.3 is 12.0 Å². The van der Waals surface area contributed by atoms with Crippen LogP contribution in [0.2, 0.25) is 0 Å². The fourth-order valence-corrected chi connectivity index (χ4v) is 1.83. The maximum Gasteiger partial charge on any atom is 0.321 e. The van der Waals surface area contributed by atoms with Crippen molar-refractivity contribution in [3.05, 3.63) is 35.9 Å². The van der Waals surface area contributed by atoms with Gasteiger partial charge in [0, 0.05) is 12.6 Å². The highest BCUT2D eigenvalue weighted by atomic mass is 16.5. The number of esters is 1.